The van der Waals surface area contributed by atoms with E-state index in [1.165, 1.54) is 20.4 Å². The van der Waals surface area contributed by atoms with Gasteiger partial charge in [-0.15, -0.1) is 0 Å². The van der Waals surface area contributed by atoms with E-state index >= 15 is 0 Å². The summed E-state index contributed by atoms with van der Waals surface area (Å²) in [5.41, 5.74) is 3.86. The molecule has 1 N–H and O–H groups in total. The Kier molecular flexibility index (Phi) is 7.12. The number of halogens is 2. The van der Waals surface area contributed by atoms with Gasteiger partial charge in [0.2, 0.25) is 0 Å². The number of carbonyl (C=O) groups excluding carboxylic acids is 1. The molecule has 0 radical (unpaired) electrons. The monoisotopic (exact) mass is 396 g/mol. The summed E-state index contributed by atoms with van der Waals surface area (Å²) < 4.78 is 15.8. The second-order valence-electron chi connectivity index (χ2n) is 5.23. The van der Waals surface area contributed by atoms with Gasteiger partial charge in [0.15, 0.2) is 18.1 Å². The van der Waals surface area contributed by atoms with E-state index in [4.69, 9.17) is 37.4 Å². The highest BCUT2D eigenvalue weighted by Gasteiger charge is 2.10. The maximum absolute atomic E-state index is 11.8. The molecule has 0 unspecified atom stereocenters. The Morgan fingerprint density at radius 1 is 1.15 bits per heavy atom. The number of methoxy groups -OCH3 is 2. The summed E-state index contributed by atoms with van der Waals surface area (Å²) in [6.07, 6.45) is 1.44. The number of ether oxygens (including phenoxy) is 3. The van der Waals surface area contributed by atoms with E-state index in [1.54, 1.807) is 30.3 Å². The van der Waals surface area contributed by atoms with Crippen LogP contribution in [0, 0.1) is 6.92 Å². The Labute approximate surface area is 161 Å². The fraction of sp³-hybridized carbons (Fsp3) is 0.222. The number of amides is 1. The first-order chi connectivity index (χ1) is 12.4. The van der Waals surface area contributed by atoms with Crippen molar-refractivity contribution in [2.24, 2.45) is 5.10 Å². The largest absolute Gasteiger partial charge is 0.493 e. The van der Waals surface area contributed by atoms with Gasteiger partial charge in [0.25, 0.3) is 5.91 Å². The van der Waals surface area contributed by atoms with E-state index < -0.39 is 5.91 Å². The summed E-state index contributed by atoms with van der Waals surface area (Å²) in [6, 6.07) is 8.49. The summed E-state index contributed by atoms with van der Waals surface area (Å²) in [5.74, 6) is 1.08. The Balaban J connectivity index is 1.93. The minimum atomic E-state index is -0.401. The molecule has 0 aliphatic heterocycles. The molecule has 26 heavy (non-hydrogen) atoms. The lowest BCUT2D eigenvalue weighted by atomic mass is 10.2. The van der Waals surface area contributed by atoms with Gasteiger partial charge in [-0.3, -0.25) is 4.79 Å². The van der Waals surface area contributed by atoms with Crippen molar-refractivity contribution >= 4 is 35.3 Å². The molecule has 2 aromatic carbocycles. The van der Waals surface area contributed by atoms with Crippen LogP contribution in [0.25, 0.3) is 0 Å². The average molecular weight is 397 g/mol. The number of carbonyl (C=O) groups is 1. The van der Waals surface area contributed by atoms with E-state index in [9.17, 15) is 4.79 Å². The number of rotatable bonds is 7. The van der Waals surface area contributed by atoms with Gasteiger partial charge >= 0.3 is 0 Å². The first kappa shape index (κ1) is 19.9. The lowest BCUT2D eigenvalue weighted by molar-refractivity contribution is -0.123. The van der Waals surface area contributed by atoms with Gasteiger partial charge in [0.05, 0.1) is 25.5 Å². The van der Waals surface area contributed by atoms with Crippen LogP contribution < -0.4 is 19.6 Å². The smallest absolute Gasteiger partial charge is 0.277 e. The average Bonchev–Trinajstić information content (AvgIpc) is 2.60. The number of benzene rings is 2. The van der Waals surface area contributed by atoms with Gasteiger partial charge in [-0.1, -0.05) is 23.2 Å². The Morgan fingerprint density at radius 2 is 1.92 bits per heavy atom. The summed E-state index contributed by atoms with van der Waals surface area (Å²) >= 11 is 12.0. The molecule has 0 heterocycles. The second-order valence-corrected chi connectivity index (χ2v) is 6.07. The summed E-state index contributed by atoms with van der Waals surface area (Å²) in [6.45, 7) is 1.67. The van der Waals surface area contributed by atoms with Crippen LogP contribution in [0.5, 0.6) is 17.2 Å². The SMILES string of the molecule is COc1cc(/C=N\NC(=O)COc2ccc(Cl)cc2C)cc(Cl)c1OC. The van der Waals surface area contributed by atoms with Gasteiger partial charge in [-0.25, -0.2) is 5.43 Å². The molecule has 1 amide bonds. The van der Waals surface area contributed by atoms with Gasteiger partial charge in [0, 0.05) is 5.02 Å². The molecule has 0 fully saturated rings. The van der Waals surface area contributed by atoms with Crippen molar-refractivity contribution in [1.29, 1.82) is 0 Å². The minimum absolute atomic E-state index is 0.174. The van der Waals surface area contributed by atoms with Crippen molar-refractivity contribution < 1.29 is 19.0 Å². The second kappa shape index (κ2) is 9.31. The molecule has 0 aliphatic carbocycles. The molecular weight excluding hydrogens is 379 g/mol. The van der Waals surface area contributed by atoms with Crippen molar-refractivity contribution in [1.82, 2.24) is 5.43 Å². The van der Waals surface area contributed by atoms with Crippen LogP contribution in [0.2, 0.25) is 10.0 Å². The first-order valence-corrected chi connectivity index (χ1v) is 8.32. The fourth-order valence-corrected chi connectivity index (χ4v) is 2.66. The number of aryl methyl sites for hydroxylation is 1. The van der Waals surface area contributed by atoms with Crippen LogP contribution in [-0.2, 0) is 4.79 Å². The molecule has 0 saturated carbocycles. The highest BCUT2D eigenvalue weighted by Crippen LogP contribution is 2.35. The molecule has 2 rings (SSSR count). The van der Waals surface area contributed by atoms with E-state index in [2.05, 4.69) is 10.5 Å². The van der Waals surface area contributed by atoms with Crippen LogP contribution in [0.1, 0.15) is 11.1 Å². The van der Waals surface area contributed by atoms with Crippen molar-refractivity contribution in [3.05, 3.63) is 51.5 Å². The van der Waals surface area contributed by atoms with Crippen LogP contribution in [-0.4, -0.2) is 32.9 Å². The summed E-state index contributed by atoms with van der Waals surface area (Å²) in [7, 11) is 3.01. The normalized spacial score (nSPS) is 10.7. The predicted molar refractivity (Wildman–Crippen MR) is 102 cm³/mol. The third kappa shape index (κ3) is 5.28. The minimum Gasteiger partial charge on any atom is -0.493 e. The molecule has 0 bridgehead atoms. The van der Waals surface area contributed by atoms with Crippen LogP contribution in [0.4, 0.5) is 0 Å². The lowest BCUT2D eigenvalue weighted by Crippen LogP contribution is -2.24. The molecule has 138 valence electrons. The fourth-order valence-electron chi connectivity index (χ4n) is 2.14. The van der Waals surface area contributed by atoms with E-state index in [0.29, 0.717) is 32.9 Å². The molecule has 8 heteroatoms. The quantitative estimate of drug-likeness (QED) is 0.569. The zero-order chi connectivity index (χ0) is 19.1. The standard InChI is InChI=1S/C18H18Cl2N2O4/c1-11-6-13(19)4-5-15(11)26-10-17(23)22-21-9-12-7-14(20)18(25-3)16(8-12)24-2/h4-9H,10H2,1-3H3,(H,22,23)/b21-9-. The lowest BCUT2D eigenvalue weighted by Gasteiger charge is -2.10. The van der Waals surface area contributed by atoms with Crippen molar-refractivity contribution in [2.45, 2.75) is 6.92 Å². The highest BCUT2D eigenvalue weighted by molar-refractivity contribution is 6.32. The maximum atomic E-state index is 11.8. The number of hydrazone groups is 1. The number of nitrogens with zero attached hydrogens (tertiary/aromatic N) is 1. The van der Waals surface area contributed by atoms with Crippen LogP contribution >= 0.6 is 23.2 Å². The Hall–Kier alpha value is -2.44. The number of nitrogens with one attached hydrogen (secondary N) is 1. The summed E-state index contributed by atoms with van der Waals surface area (Å²) in [4.78, 5) is 11.8. The topological polar surface area (TPSA) is 69.2 Å². The zero-order valence-corrected chi connectivity index (χ0v) is 16.0. The predicted octanol–water partition coefficient (Wildman–Crippen LogP) is 3.85. The van der Waals surface area contributed by atoms with Crippen LogP contribution in [0.3, 0.4) is 0 Å². The summed E-state index contributed by atoms with van der Waals surface area (Å²) in [5, 5.41) is 4.87. The number of hydrogen-bond acceptors (Lipinski definition) is 5. The molecule has 0 spiro atoms. The van der Waals surface area contributed by atoms with Gasteiger partial charge < -0.3 is 14.2 Å². The van der Waals surface area contributed by atoms with Crippen molar-refractivity contribution in [3.63, 3.8) is 0 Å². The number of hydrogen-bond donors (Lipinski definition) is 1. The van der Waals surface area contributed by atoms with Gasteiger partial charge in [-0.05, 0) is 48.4 Å². The molecular formula is C18H18Cl2N2O4. The van der Waals surface area contributed by atoms with Crippen LogP contribution in [0.15, 0.2) is 35.4 Å². The van der Waals surface area contributed by atoms with E-state index in [-0.39, 0.29) is 6.61 Å². The van der Waals surface area contributed by atoms with Crippen molar-refractivity contribution in [2.75, 3.05) is 20.8 Å². The molecule has 0 atom stereocenters. The first-order valence-electron chi connectivity index (χ1n) is 7.57. The van der Waals surface area contributed by atoms with Crippen molar-refractivity contribution in [3.8, 4) is 17.2 Å². The highest BCUT2D eigenvalue weighted by atomic mass is 35.5. The molecule has 0 aliphatic rings. The molecule has 2 aromatic rings. The Morgan fingerprint density at radius 3 is 2.58 bits per heavy atom. The Bertz CT molecular complexity index is 825. The molecule has 0 saturated heterocycles. The molecule has 0 aromatic heterocycles. The van der Waals surface area contributed by atoms with Gasteiger partial charge in [0.1, 0.15) is 5.75 Å². The van der Waals surface area contributed by atoms with Gasteiger partial charge in [-0.2, -0.15) is 5.10 Å². The van der Waals surface area contributed by atoms with E-state index in [1.807, 2.05) is 6.92 Å². The maximum Gasteiger partial charge on any atom is 0.277 e. The third-order valence-corrected chi connectivity index (χ3v) is 3.87. The third-order valence-electron chi connectivity index (χ3n) is 3.35. The molecule has 6 nitrogen and oxygen atoms in total. The van der Waals surface area contributed by atoms with E-state index in [0.717, 1.165) is 5.56 Å². The zero-order valence-electron chi connectivity index (χ0n) is 14.5.